The van der Waals surface area contributed by atoms with Crippen molar-refractivity contribution in [2.45, 2.75) is 39.7 Å². The number of rotatable bonds is 7. The van der Waals surface area contributed by atoms with Gasteiger partial charge in [0.25, 0.3) is 5.91 Å². The highest BCUT2D eigenvalue weighted by atomic mass is 16.5. The van der Waals surface area contributed by atoms with Crippen LogP contribution in [0.1, 0.15) is 31.9 Å². The van der Waals surface area contributed by atoms with Crippen LogP contribution in [0.25, 0.3) is 0 Å². The van der Waals surface area contributed by atoms with Gasteiger partial charge in [-0.2, -0.15) is 0 Å². The van der Waals surface area contributed by atoms with Crippen molar-refractivity contribution in [1.29, 1.82) is 0 Å². The molecule has 0 aliphatic heterocycles. The van der Waals surface area contributed by atoms with Crippen molar-refractivity contribution in [3.63, 3.8) is 0 Å². The molecule has 114 valence electrons. The molecule has 1 rings (SSSR count). The summed E-state index contributed by atoms with van der Waals surface area (Å²) in [6.45, 7) is 9.86. The van der Waals surface area contributed by atoms with Gasteiger partial charge in [0.15, 0.2) is 0 Å². The molecule has 0 bridgehead atoms. The Hall–Kier alpha value is -1.83. The normalized spacial score (nSPS) is 11.6. The smallest absolute Gasteiger partial charge is 0.253 e. The predicted octanol–water partition coefficient (Wildman–Crippen LogP) is 3.52. The van der Waals surface area contributed by atoms with Crippen LogP contribution in [0.3, 0.4) is 0 Å². The molecule has 1 aromatic rings. The van der Waals surface area contributed by atoms with E-state index in [9.17, 15) is 4.79 Å². The van der Waals surface area contributed by atoms with Crippen molar-refractivity contribution in [3.8, 4) is 0 Å². The first kappa shape index (κ1) is 17.2. The monoisotopic (exact) mass is 287 g/mol. The minimum atomic E-state index is -0.108. The maximum atomic E-state index is 12.5. The summed E-state index contributed by atoms with van der Waals surface area (Å²) >= 11 is 0. The summed E-state index contributed by atoms with van der Waals surface area (Å²) in [5.41, 5.74) is 6.12. The first-order valence-electron chi connectivity index (χ1n) is 7.38. The van der Waals surface area contributed by atoms with Gasteiger partial charge in [0.1, 0.15) is 6.61 Å². The highest BCUT2D eigenvalue weighted by molar-refractivity contribution is 5.96. The Kier molecular flexibility index (Phi) is 6.93. The zero-order valence-electron chi connectivity index (χ0n) is 13.5. The van der Waals surface area contributed by atoms with Gasteiger partial charge in [-0.25, -0.2) is 0 Å². The van der Waals surface area contributed by atoms with E-state index < -0.39 is 0 Å². The average molecular weight is 287 g/mol. The van der Waals surface area contributed by atoms with Gasteiger partial charge < -0.3 is 9.64 Å². The number of amides is 1. The number of methoxy groups -OCH3 is 1. The summed E-state index contributed by atoms with van der Waals surface area (Å²) in [5.74, 6) is -0.0490. The third kappa shape index (κ3) is 4.07. The lowest BCUT2D eigenvalue weighted by Crippen LogP contribution is -2.41. The number of ether oxygens (including phenoxy) is 1. The number of para-hydroxylation sites is 1. The van der Waals surface area contributed by atoms with E-state index in [4.69, 9.17) is 4.74 Å². The lowest BCUT2D eigenvalue weighted by molar-refractivity contribution is -0.122. The maximum Gasteiger partial charge on any atom is 0.253 e. The van der Waals surface area contributed by atoms with Crippen LogP contribution in [0.5, 0.6) is 0 Å². The van der Waals surface area contributed by atoms with E-state index in [-0.39, 0.29) is 18.6 Å². The van der Waals surface area contributed by atoms with Crippen molar-refractivity contribution < 1.29 is 9.53 Å². The molecule has 0 aromatic heterocycles. The topological polar surface area (TPSA) is 29.5 Å². The summed E-state index contributed by atoms with van der Waals surface area (Å²) in [4.78, 5) is 14.3. The molecule has 1 unspecified atom stereocenters. The molecule has 21 heavy (non-hydrogen) atoms. The number of nitrogens with zero attached hydrogens (tertiary/aromatic N) is 1. The van der Waals surface area contributed by atoms with Crippen molar-refractivity contribution in [2.75, 3.05) is 18.6 Å². The lowest BCUT2D eigenvalue weighted by Gasteiger charge is -2.31. The van der Waals surface area contributed by atoms with Gasteiger partial charge in [0.05, 0.1) is 11.7 Å². The van der Waals surface area contributed by atoms with Gasteiger partial charge in [0.2, 0.25) is 0 Å². The molecular weight excluding hydrogens is 262 g/mol. The molecule has 0 saturated carbocycles. The number of carbonyl (C=O) groups excluding carboxylic acids is 1. The summed E-state index contributed by atoms with van der Waals surface area (Å²) in [7, 11) is 1.54. The fraction of sp³-hybridized carbons (Fsp3) is 0.444. The van der Waals surface area contributed by atoms with E-state index in [2.05, 4.69) is 38.3 Å². The highest BCUT2D eigenvalue weighted by Gasteiger charge is 2.24. The van der Waals surface area contributed by atoms with Crippen LogP contribution in [0.4, 0.5) is 5.69 Å². The molecule has 0 aliphatic carbocycles. The van der Waals surface area contributed by atoms with E-state index in [1.165, 1.54) is 18.2 Å². The molecule has 0 spiro atoms. The van der Waals surface area contributed by atoms with Crippen LogP contribution >= 0.6 is 0 Å². The summed E-state index contributed by atoms with van der Waals surface area (Å²) in [6.07, 6.45) is 3.56. The van der Waals surface area contributed by atoms with Crippen molar-refractivity contribution in [1.82, 2.24) is 0 Å². The van der Waals surface area contributed by atoms with E-state index in [0.717, 1.165) is 18.5 Å². The van der Waals surface area contributed by atoms with Crippen LogP contribution in [-0.2, 0) is 22.4 Å². The largest absolute Gasteiger partial charge is 0.375 e. The molecule has 1 atom stereocenters. The minimum absolute atomic E-state index is 0.0490. The molecule has 1 amide bonds. The SMILES string of the molecule is C=C=CC(C)N(C(=O)COC)c1c(CC)cccc1CC. The second-order valence-corrected chi connectivity index (χ2v) is 4.94. The van der Waals surface area contributed by atoms with Crippen LogP contribution in [0.2, 0.25) is 0 Å². The summed E-state index contributed by atoms with van der Waals surface area (Å²) in [5, 5.41) is 0. The van der Waals surface area contributed by atoms with Gasteiger partial charge in [-0.1, -0.05) is 38.6 Å². The molecule has 0 fully saturated rings. The Balaban J connectivity index is 3.43. The number of hydrogen-bond donors (Lipinski definition) is 0. The predicted molar refractivity (Wildman–Crippen MR) is 87.7 cm³/mol. The van der Waals surface area contributed by atoms with E-state index in [1.54, 1.807) is 11.0 Å². The zero-order valence-corrected chi connectivity index (χ0v) is 13.5. The first-order chi connectivity index (χ1) is 10.1. The van der Waals surface area contributed by atoms with Crippen molar-refractivity contribution >= 4 is 11.6 Å². The number of anilines is 1. The van der Waals surface area contributed by atoms with Gasteiger partial charge in [-0.05, 0) is 37.0 Å². The fourth-order valence-electron chi connectivity index (χ4n) is 2.52. The first-order valence-corrected chi connectivity index (χ1v) is 7.38. The Morgan fingerprint density at radius 2 is 1.95 bits per heavy atom. The van der Waals surface area contributed by atoms with Gasteiger partial charge >= 0.3 is 0 Å². The molecule has 0 aliphatic rings. The number of carbonyl (C=O) groups is 1. The Morgan fingerprint density at radius 3 is 2.38 bits per heavy atom. The number of hydrogen-bond acceptors (Lipinski definition) is 2. The third-order valence-electron chi connectivity index (χ3n) is 3.51. The minimum Gasteiger partial charge on any atom is -0.375 e. The Labute approximate surface area is 127 Å². The van der Waals surface area contributed by atoms with Crippen molar-refractivity contribution in [2.24, 2.45) is 0 Å². The van der Waals surface area contributed by atoms with Crippen LogP contribution in [-0.4, -0.2) is 25.7 Å². The second-order valence-electron chi connectivity index (χ2n) is 4.94. The van der Waals surface area contributed by atoms with Crippen LogP contribution in [0.15, 0.2) is 36.6 Å². The Bertz CT molecular complexity index is 508. The van der Waals surface area contributed by atoms with Crippen molar-refractivity contribution in [3.05, 3.63) is 47.7 Å². The van der Waals surface area contributed by atoms with Gasteiger partial charge in [0, 0.05) is 7.11 Å². The standard InChI is InChI=1S/C18H25NO2/c1-6-10-14(4)19(17(20)13-21-5)18-15(7-2)11-9-12-16(18)8-3/h9-12,14H,1,7-8,13H2,2-5H3. The summed E-state index contributed by atoms with van der Waals surface area (Å²) in [6, 6.07) is 6.09. The molecule has 0 saturated heterocycles. The molecule has 3 nitrogen and oxygen atoms in total. The third-order valence-corrected chi connectivity index (χ3v) is 3.51. The second kappa shape index (κ2) is 8.46. The molecule has 0 heterocycles. The van der Waals surface area contributed by atoms with E-state index in [0.29, 0.717) is 0 Å². The maximum absolute atomic E-state index is 12.5. The number of aryl methyl sites for hydroxylation is 2. The van der Waals surface area contributed by atoms with E-state index in [1.807, 2.05) is 13.0 Å². The molecule has 0 N–H and O–H groups in total. The average Bonchev–Trinajstić information content (AvgIpc) is 2.48. The summed E-state index contributed by atoms with van der Waals surface area (Å²) < 4.78 is 5.04. The highest BCUT2D eigenvalue weighted by Crippen LogP contribution is 2.29. The quantitative estimate of drug-likeness (QED) is 0.718. The zero-order chi connectivity index (χ0) is 15.8. The van der Waals surface area contributed by atoms with E-state index >= 15 is 0 Å². The lowest BCUT2D eigenvalue weighted by atomic mass is 10.0. The molecular formula is C18H25NO2. The molecule has 1 aromatic carbocycles. The fourth-order valence-corrected chi connectivity index (χ4v) is 2.52. The Morgan fingerprint density at radius 1 is 1.38 bits per heavy atom. The number of benzene rings is 1. The van der Waals surface area contributed by atoms with Gasteiger partial charge in [-0.3, -0.25) is 4.79 Å². The molecule has 0 radical (unpaired) electrons. The van der Waals surface area contributed by atoms with Crippen LogP contribution < -0.4 is 4.90 Å². The van der Waals surface area contributed by atoms with Crippen LogP contribution in [0, 0.1) is 0 Å². The molecule has 3 heteroatoms. The van der Waals surface area contributed by atoms with Gasteiger partial charge in [-0.15, -0.1) is 5.73 Å².